The van der Waals surface area contributed by atoms with Gasteiger partial charge in [0.2, 0.25) is 11.8 Å². The van der Waals surface area contributed by atoms with Crippen molar-refractivity contribution in [3.05, 3.63) is 84.2 Å². The molecule has 1 amide bonds. The Morgan fingerprint density at radius 2 is 1.90 bits per heavy atom. The van der Waals surface area contributed by atoms with Gasteiger partial charge in [-0.15, -0.1) is 0 Å². The molecule has 1 aromatic heterocycles. The molecule has 1 saturated heterocycles. The van der Waals surface area contributed by atoms with Gasteiger partial charge in [-0.2, -0.15) is 0 Å². The van der Waals surface area contributed by atoms with Crippen molar-refractivity contribution >= 4 is 17.8 Å². The quantitative estimate of drug-likeness (QED) is 0.582. The van der Waals surface area contributed by atoms with E-state index in [4.69, 9.17) is 4.74 Å². The smallest absolute Gasteiger partial charge is 0.246 e. The van der Waals surface area contributed by atoms with Crippen LogP contribution in [-0.2, 0) is 4.79 Å². The van der Waals surface area contributed by atoms with Crippen LogP contribution in [-0.4, -0.2) is 46.5 Å². The standard InChI is InChI=1S/C25H26N4O2/c1-19-7-6-10-22(15-19)31-24-16-23(26-18-27-24)28-13-14-29(20(2)17-28)25(30)12-11-21-8-4-3-5-9-21/h3-12,15-16,18,20H,13-14,17H2,1-2H3/b12-11+/t20-/m0/s1. The Hall–Kier alpha value is -3.67. The second kappa shape index (κ2) is 9.43. The summed E-state index contributed by atoms with van der Waals surface area (Å²) in [5, 5.41) is 0. The van der Waals surface area contributed by atoms with Gasteiger partial charge in [0, 0.05) is 37.8 Å². The molecule has 0 saturated carbocycles. The SMILES string of the molecule is Cc1cccc(Oc2cc(N3CCN(C(=O)/C=C/c4ccccc4)[C@@H](C)C3)ncn2)c1. The van der Waals surface area contributed by atoms with Crippen LogP contribution in [0.25, 0.3) is 6.08 Å². The van der Waals surface area contributed by atoms with Crippen molar-refractivity contribution < 1.29 is 9.53 Å². The first-order valence-electron chi connectivity index (χ1n) is 10.4. The maximum Gasteiger partial charge on any atom is 0.246 e. The molecule has 0 unspecified atom stereocenters. The predicted molar refractivity (Wildman–Crippen MR) is 122 cm³/mol. The third-order valence-electron chi connectivity index (χ3n) is 5.29. The molecular weight excluding hydrogens is 388 g/mol. The number of hydrogen-bond acceptors (Lipinski definition) is 5. The lowest BCUT2D eigenvalue weighted by molar-refractivity contribution is -0.128. The molecule has 1 atom stereocenters. The molecular formula is C25H26N4O2. The fourth-order valence-corrected chi connectivity index (χ4v) is 3.68. The van der Waals surface area contributed by atoms with Gasteiger partial charge < -0.3 is 14.5 Å². The third kappa shape index (κ3) is 5.28. The van der Waals surface area contributed by atoms with E-state index in [2.05, 4.69) is 21.8 Å². The summed E-state index contributed by atoms with van der Waals surface area (Å²) in [6, 6.07) is 19.6. The van der Waals surface area contributed by atoms with Gasteiger partial charge in [0.05, 0.1) is 0 Å². The minimum Gasteiger partial charge on any atom is -0.439 e. The summed E-state index contributed by atoms with van der Waals surface area (Å²) in [7, 11) is 0. The van der Waals surface area contributed by atoms with E-state index in [-0.39, 0.29) is 11.9 Å². The third-order valence-corrected chi connectivity index (χ3v) is 5.29. The van der Waals surface area contributed by atoms with E-state index in [0.29, 0.717) is 25.5 Å². The fourth-order valence-electron chi connectivity index (χ4n) is 3.68. The zero-order valence-electron chi connectivity index (χ0n) is 17.8. The molecule has 0 aliphatic carbocycles. The van der Waals surface area contributed by atoms with Crippen LogP contribution >= 0.6 is 0 Å². The largest absolute Gasteiger partial charge is 0.439 e. The van der Waals surface area contributed by atoms with E-state index in [1.165, 1.54) is 6.33 Å². The molecule has 6 nitrogen and oxygen atoms in total. The van der Waals surface area contributed by atoms with Crippen LogP contribution in [0, 0.1) is 6.92 Å². The number of carbonyl (C=O) groups excluding carboxylic acids is 1. The number of anilines is 1. The normalized spacial score (nSPS) is 16.5. The maximum absolute atomic E-state index is 12.7. The van der Waals surface area contributed by atoms with Crippen LogP contribution < -0.4 is 9.64 Å². The maximum atomic E-state index is 12.7. The zero-order valence-corrected chi connectivity index (χ0v) is 17.8. The number of carbonyl (C=O) groups is 1. The number of benzene rings is 2. The Morgan fingerprint density at radius 1 is 1.06 bits per heavy atom. The highest BCUT2D eigenvalue weighted by Gasteiger charge is 2.27. The number of hydrogen-bond donors (Lipinski definition) is 0. The average Bonchev–Trinajstić information content (AvgIpc) is 2.78. The number of aryl methyl sites for hydroxylation is 1. The van der Waals surface area contributed by atoms with Crippen molar-refractivity contribution in [1.29, 1.82) is 0 Å². The summed E-state index contributed by atoms with van der Waals surface area (Å²) in [5.41, 5.74) is 2.15. The fraction of sp³-hybridized carbons (Fsp3) is 0.240. The first-order valence-corrected chi connectivity index (χ1v) is 10.4. The minimum absolute atomic E-state index is 0.0298. The van der Waals surface area contributed by atoms with Crippen molar-refractivity contribution in [3.8, 4) is 11.6 Å². The van der Waals surface area contributed by atoms with Gasteiger partial charge >= 0.3 is 0 Å². The second-order valence-corrected chi connectivity index (χ2v) is 7.70. The summed E-state index contributed by atoms with van der Waals surface area (Å²) < 4.78 is 5.90. The highest BCUT2D eigenvalue weighted by atomic mass is 16.5. The summed E-state index contributed by atoms with van der Waals surface area (Å²) in [4.78, 5) is 25.4. The Morgan fingerprint density at radius 3 is 2.68 bits per heavy atom. The molecule has 0 spiro atoms. The molecule has 158 valence electrons. The highest BCUT2D eigenvalue weighted by Crippen LogP contribution is 2.24. The Balaban J connectivity index is 1.39. The Kier molecular flexibility index (Phi) is 6.26. The predicted octanol–water partition coefficient (Wildman–Crippen LogP) is 4.33. The molecule has 3 aromatic rings. The summed E-state index contributed by atoms with van der Waals surface area (Å²) in [6.07, 6.45) is 5.03. The highest BCUT2D eigenvalue weighted by molar-refractivity contribution is 5.92. The van der Waals surface area contributed by atoms with Gasteiger partial charge in [0.25, 0.3) is 0 Å². The van der Waals surface area contributed by atoms with E-state index in [9.17, 15) is 4.79 Å². The lowest BCUT2D eigenvalue weighted by Gasteiger charge is -2.40. The van der Waals surface area contributed by atoms with Crippen LogP contribution in [0.4, 0.5) is 5.82 Å². The van der Waals surface area contributed by atoms with Gasteiger partial charge in [-0.05, 0) is 43.2 Å². The average molecular weight is 415 g/mol. The van der Waals surface area contributed by atoms with Crippen molar-refractivity contribution in [3.63, 3.8) is 0 Å². The van der Waals surface area contributed by atoms with Gasteiger partial charge in [-0.1, -0.05) is 42.5 Å². The molecule has 0 bridgehead atoms. The first-order chi connectivity index (χ1) is 15.1. The number of piperazine rings is 1. The van der Waals surface area contributed by atoms with E-state index in [0.717, 1.165) is 22.7 Å². The van der Waals surface area contributed by atoms with Crippen LogP contribution in [0.15, 0.2) is 73.1 Å². The molecule has 31 heavy (non-hydrogen) atoms. The number of nitrogens with zero attached hydrogens (tertiary/aromatic N) is 4. The van der Waals surface area contributed by atoms with Crippen molar-refractivity contribution in [2.45, 2.75) is 19.9 Å². The summed E-state index contributed by atoms with van der Waals surface area (Å²) >= 11 is 0. The minimum atomic E-state index is 0.0298. The lowest BCUT2D eigenvalue weighted by atomic mass is 10.1. The van der Waals surface area contributed by atoms with Gasteiger partial charge in [-0.25, -0.2) is 9.97 Å². The molecule has 1 aliphatic heterocycles. The van der Waals surface area contributed by atoms with Gasteiger partial charge in [0.15, 0.2) is 0 Å². The van der Waals surface area contributed by atoms with Crippen LogP contribution in [0.1, 0.15) is 18.1 Å². The van der Waals surface area contributed by atoms with Gasteiger partial charge in [0.1, 0.15) is 17.9 Å². The van der Waals surface area contributed by atoms with Crippen LogP contribution in [0.5, 0.6) is 11.6 Å². The second-order valence-electron chi connectivity index (χ2n) is 7.70. The molecule has 0 radical (unpaired) electrons. The van der Waals surface area contributed by atoms with E-state index >= 15 is 0 Å². The number of ether oxygens (including phenoxy) is 1. The van der Waals surface area contributed by atoms with Crippen LogP contribution in [0.2, 0.25) is 0 Å². The molecule has 1 aliphatic rings. The van der Waals surface area contributed by atoms with Crippen LogP contribution in [0.3, 0.4) is 0 Å². The van der Waals surface area contributed by atoms with E-state index in [1.807, 2.05) is 78.6 Å². The topological polar surface area (TPSA) is 58.6 Å². The summed E-state index contributed by atoms with van der Waals surface area (Å²) in [6.45, 7) is 6.13. The molecule has 2 heterocycles. The van der Waals surface area contributed by atoms with Gasteiger partial charge in [-0.3, -0.25) is 4.79 Å². The molecule has 6 heteroatoms. The molecule has 2 aromatic carbocycles. The monoisotopic (exact) mass is 414 g/mol. The van der Waals surface area contributed by atoms with Crippen molar-refractivity contribution in [1.82, 2.24) is 14.9 Å². The lowest BCUT2D eigenvalue weighted by Crippen LogP contribution is -2.54. The number of aromatic nitrogens is 2. The van der Waals surface area contributed by atoms with E-state index in [1.54, 1.807) is 6.08 Å². The summed E-state index contributed by atoms with van der Waals surface area (Å²) in [5.74, 6) is 2.09. The number of amides is 1. The zero-order chi connectivity index (χ0) is 21.6. The molecule has 0 N–H and O–H groups in total. The Bertz CT molecular complexity index is 1070. The molecule has 4 rings (SSSR count). The van der Waals surface area contributed by atoms with E-state index < -0.39 is 0 Å². The van der Waals surface area contributed by atoms with Crippen molar-refractivity contribution in [2.75, 3.05) is 24.5 Å². The van der Waals surface area contributed by atoms with Crippen molar-refractivity contribution in [2.24, 2.45) is 0 Å². The number of rotatable bonds is 5. The first kappa shape index (κ1) is 20.6. The Labute approximate surface area is 182 Å². The molecule has 1 fully saturated rings.